The van der Waals surface area contributed by atoms with Crippen LogP contribution in [-0.2, 0) is 9.53 Å². The highest BCUT2D eigenvalue weighted by Crippen LogP contribution is 2.40. The van der Waals surface area contributed by atoms with Gasteiger partial charge in [0.2, 0.25) is 5.91 Å². The Balaban J connectivity index is 1.76. The quantitative estimate of drug-likeness (QED) is 0.674. The van der Waals surface area contributed by atoms with E-state index in [1.807, 2.05) is 6.92 Å². The summed E-state index contributed by atoms with van der Waals surface area (Å²) in [7, 11) is 0. The van der Waals surface area contributed by atoms with Crippen molar-refractivity contribution in [1.29, 1.82) is 0 Å². The molecule has 2 fully saturated rings. The molecule has 1 saturated carbocycles. The average Bonchev–Trinajstić information content (AvgIpc) is 2.74. The van der Waals surface area contributed by atoms with Crippen LogP contribution in [0.2, 0.25) is 0 Å². The third kappa shape index (κ3) is 3.45. The van der Waals surface area contributed by atoms with Gasteiger partial charge in [-0.15, -0.1) is 0 Å². The van der Waals surface area contributed by atoms with Crippen LogP contribution < -0.4 is 10.6 Å². The summed E-state index contributed by atoms with van der Waals surface area (Å²) in [5, 5.41) is 6.30. The van der Waals surface area contributed by atoms with Crippen LogP contribution in [0.15, 0.2) is 0 Å². The topological polar surface area (TPSA) is 50.4 Å². The molecule has 4 heteroatoms. The molecule has 0 radical (unpaired) electrons. The maximum absolute atomic E-state index is 11.9. The minimum atomic E-state index is 0.204. The molecule has 4 nitrogen and oxygen atoms in total. The predicted octanol–water partition coefficient (Wildman–Crippen LogP) is 1.31. The second-order valence-electron chi connectivity index (χ2n) is 5.73. The molecule has 0 aromatic heterocycles. The number of rotatable bonds is 7. The van der Waals surface area contributed by atoms with Gasteiger partial charge in [0.1, 0.15) is 0 Å². The SMILES string of the molecule is CCOCCC1(CNC(=O)C2CNC2)CCCC1. The van der Waals surface area contributed by atoms with Crippen molar-refractivity contribution in [2.24, 2.45) is 11.3 Å². The number of hydrogen-bond donors (Lipinski definition) is 2. The molecule has 2 rings (SSSR count). The van der Waals surface area contributed by atoms with Crippen LogP contribution in [0, 0.1) is 11.3 Å². The number of carbonyl (C=O) groups excluding carboxylic acids is 1. The lowest BCUT2D eigenvalue weighted by atomic mass is 9.82. The summed E-state index contributed by atoms with van der Waals surface area (Å²) in [4.78, 5) is 11.9. The summed E-state index contributed by atoms with van der Waals surface area (Å²) in [6.45, 7) is 6.19. The highest BCUT2D eigenvalue weighted by atomic mass is 16.5. The lowest BCUT2D eigenvalue weighted by Crippen LogP contribution is -2.52. The van der Waals surface area contributed by atoms with E-state index in [9.17, 15) is 4.79 Å². The van der Waals surface area contributed by atoms with Gasteiger partial charge in [-0.05, 0) is 31.6 Å². The fourth-order valence-corrected chi connectivity index (χ4v) is 2.97. The van der Waals surface area contributed by atoms with Crippen LogP contribution in [-0.4, -0.2) is 38.8 Å². The molecular formula is C14H26N2O2. The lowest BCUT2D eigenvalue weighted by molar-refractivity contribution is -0.127. The molecule has 18 heavy (non-hydrogen) atoms. The molecule has 1 amide bonds. The second kappa shape index (κ2) is 6.53. The van der Waals surface area contributed by atoms with E-state index >= 15 is 0 Å². The highest BCUT2D eigenvalue weighted by molar-refractivity contribution is 5.80. The summed E-state index contributed by atoms with van der Waals surface area (Å²) in [6.07, 6.45) is 6.16. The van der Waals surface area contributed by atoms with E-state index in [4.69, 9.17) is 4.74 Å². The lowest BCUT2D eigenvalue weighted by Gasteiger charge is -2.32. The van der Waals surface area contributed by atoms with E-state index in [1.54, 1.807) is 0 Å². The molecule has 2 aliphatic rings. The zero-order chi connectivity index (χ0) is 12.8. The molecule has 0 aromatic carbocycles. The smallest absolute Gasteiger partial charge is 0.225 e. The molecule has 1 saturated heterocycles. The monoisotopic (exact) mass is 254 g/mol. The fourth-order valence-electron chi connectivity index (χ4n) is 2.97. The molecule has 1 aliphatic carbocycles. The van der Waals surface area contributed by atoms with Crippen molar-refractivity contribution in [3.8, 4) is 0 Å². The van der Waals surface area contributed by atoms with Crippen LogP contribution in [0.5, 0.6) is 0 Å². The van der Waals surface area contributed by atoms with Crippen molar-refractivity contribution in [3.05, 3.63) is 0 Å². The van der Waals surface area contributed by atoms with Gasteiger partial charge in [0.25, 0.3) is 0 Å². The van der Waals surface area contributed by atoms with E-state index in [0.717, 1.165) is 39.3 Å². The van der Waals surface area contributed by atoms with Gasteiger partial charge in [-0.3, -0.25) is 4.79 Å². The Bertz CT molecular complexity index is 271. The number of carbonyl (C=O) groups is 1. The molecular weight excluding hydrogens is 228 g/mol. The predicted molar refractivity (Wildman–Crippen MR) is 71.4 cm³/mol. The molecule has 0 atom stereocenters. The largest absolute Gasteiger partial charge is 0.382 e. The van der Waals surface area contributed by atoms with Crippen molar-refractivity contribution in [2.45, 2.75) is 39.0 Å². The summed E-state index contributed by atoms with van der Waals surface area (Å²) < 4.78 is 5.48. The van der Waals surface area contributed by atoms with E-state index in [0.29, 0.717) is 5.41 Å². The standard InChI is InChI=1S/C14H26N2O2/c1-2-18-8-7-14(5-3-4-6-14)11-16-13(17)12-9-15-10-12/h12,15H,2-11H2,1H3,(H,16,17). The Labute approximate surface area is 110 Å². The zero-order valence-corrected chi connectivity index (χ0v) is 11.5. The van der Waals surface area contributed by atoms with Gasteiger partial charge in [-0.1, -0.05) is 12.8 Å². The molecule has 0 spiro atoms. The summed E-state index contributed by atoms with van der Waals surface area (Å²) in [5.41, 5.74) is 0.308. The average molecular weight is 254 g/mol. The maximum atomic E-state index is 11.9. The Kier molecular flexibility index (Phi) is 5.01. The molecule has 1 heterocycles. The van der Waals surface area contributed by atoms with Crippen LogP contribution in [0.25, 0.3) is 0 Å². The zero-order valence-electron chi connectivity index (χ0n) is 11.5. The summed E-state index contributed by atoms with van der Waals surface area (Å²) >= 11 is 0. The van der Waals surface area contributed by atoms with Crippen molar-refractivity contribution in [3.63, 3.8) is 0 Å². The summed E-state index contributed by atoms with van der Waals surface area (Å²) in [5.74, 6) is 0.437. The Morgan fingerprint density at radius 1 is 1.39 bits per heavy atom. The van der Waals surface area contributed by atoms with E-state index in [1.165, 1.54) is 25.7 Å². The minimum absolute atomic E-state index is 0.204. The van der Waals surface area contributed by atoms with Crippen LogP contribution in [0.4, 0.5) is 0 Å². The van der Waals surface area contributed by atoms with Crippen LogP contribution in [0.1, 0.15) is 39.0 Å². The normalized spacial score (nSPS) is 22.7. The summed E-state index contributed by atoms with van der Waals surface area (Å²) in [6, 6.07) is 0. The molecule has 0 unspecified atom stereocenters. The van der Waals surface area contributed by atoms with Gasteiger partial charge in [0, 0.05) is 32.8 Å². The Morgan fingerprint density at radius 3 is 2.67 bits per heavy atom. The van der Waals surface area contributed by atoms with Crippen molar-refractivity contribution in [2.75, 3.05) is 32.8 Å². The second-order valence-corrected chi connectivity index (χ2v) is 5.73. The number of nitrogens with one attached hydrogen (secondary N) is 2. The number of amides is 1. The van der Waals surface area contributed by atoms with E-state index < -0.39 is 0 Å². The van der Waals surface area contributed by atoms with Crippen molar-refractivity contribution in [1.82, 2.24) is 10.6 Å². The molecule has 0 bridgehead atoms. The fraction of sp³-hybridized carbons (Fsp3) is 0.929. The number of ether oxygens (including phenoxy) is 1. The molecule has 2 N–H and O–H groups in total. The van der Waals surface area contributed by atoms with Gasteiger partial charge in [0.05, 0.1) is 5.92 Å². The third-order valence-electron chi connectivity index (χ3n) is 4.43. The third-order valence-corrected chi connectivity index (χ3v) is 4.43. The Hall–Kier alpha value is -0.610. The highest BCUT2D eigenvalue weighted by Gasteiger charge is 2.35. The molecule has 104 valence electrons. The molecule has 0 aromatic rings. The number of hydrogen-bond acceptors (Lipinski definition) is 3. The molecule has 1 aliphatic heterocycles. The van der Waals surface area contributed by atoms with E-state index in [-0.39, 0.29) is 11.8 Å². The maximum Gasteiger partial charge on any atom is 0.225 e. The van der Waals surface area contributed by atoms with Gasteiger partial charge < -0.3 is 15.4 Å². The first-order chi connectivity index (χ1) is 8.76. The van der Waals surface area contributed by atoms with Gasteiger partial charge in [0.15, 0.2) is 0 Å². The first-order valence-electron chi connectivity index (χ1n) is 7.32. The van der Waals surface area contributed by atoms with Crippen LogP contribution >= 0.6 is 0 Å². The first kappa shape index (κ1) is 13.8. The van der Waals surface area contributed by atoms with E-state index in [2.05, 4.69) is 10.6 Å². The minimum Gasteiger partial charge on any atom is -0.382 e. The van der Waals surface area contributed by atoms with Gasteiger partial charge in [-0.2, -0.15) is 0 Å². The van der Waals surface area contributed by atoms with Crippen molar-refractivity contribution >= 4 is 5.91 Å². The van der Waals surface area contributed by atoms with Crippen LogP contribution in [0.3, 0.4) is 0 Å². The van der Waals surface area contributed by atoms with Gasteiger partial charge in [-0.25, -0.2) is 0 Å². The first-order valence-corrected chi connectivity index (χ1v) is 7.32. The Morgan fingerprint density at radius 2 is 2.11 bits per heavy atom. The van der Waals surface area contributed by atoms with Gasteiger partial charge >= 0.3 is 0 Å². The van der Waals surface area contributed by atoms with Crippen molar-refractivity contribution < 1.29 is 9.53 Å².